The summed E-state index contributed by atoms with van der Waals surface area (Å²) in [5, 5.41) is 6.18. The van der Waals surface area contributed by atoms with Crippen LogP contribution in [0, 0.1) is 17.8 Å². The van der Waals surface area contributed by atoms with E-state index in [2.05, 4.69) is 15.6 Å². The van der Waals surface area contributed by atoms with Gasteiger partial charge in [-0.25, -0.2) is 0 Å². The molecule has 0 saturated heterocycles. The van der Waals surface area contributed by atoms with E-state index in [0.717, 1.165) is 24.1 Å². The van der Waals surface area contributed by atoms with E-state index in [0.29, 0.717) is 12.5 Å². The fourth-order valence-corrected chi connectivity index (χ4v) is 3.90. The van der Waals surface area contributed by atoms with Crippen molar-refractivity contribution in [3.8, 4) is 0 Å². The molecule has 0 aromatic carbocycles. The number of rotatable bonds is 5. The van der Waals surface area contributed by atoms with Crippen LogP contribution in [0.5, 0.6) is 0 Å². The van der Waals surface area contributed by atoms with Crippen molar-refractivity contribution in [2.24, 2.45) is 17.8 Å². The largest absolute Gasteiger partial charge is 0.375 e. The number of carbonyl (C=O) groups is 1. The van der Waals surface area contributed by atoms with Gasteiger partial charge in [0.2, 0.25) is 5.91 Å². The molecule has 0 radical (unpaired) electrons. The van der Waals surface area contributed by atoms with E-state index in [4.69, 9.17) is 0 Å². The maximum atomic E-state index is 11.9. The summed E-state index contributed by atoms with van der Waals surface area (Å²) in [5.41, 5.74) is 0.888. The summed E-state index contributed by atoms with van der Waals surface area (Å²) in [6, 6.07) is 3.78. The van der Waals surface area contributed by atoms with E-state index in [-0.39, 0.29) is 5.91 Å². The number of amides is 1. The number of nitrogens with one attached hydrogen (secondary N) is 2. The monoisotopic (exact) mass is 273 g/mol. The summed E-state index contributed by atoms with van der Waals surface area (Å²) in [6.45, 7) is 1.18. The highest BCUT2D eigenvalue weighted by Crippen LogP contribution is 2.47. The lowest BCUT2D eigenvalue weighted by Crippen LogP contribution is -2.34. The molecule has 1 aromatic heterocycles. The molecule has 1 heterocycles. The van der Waals surface area contributed by atoms with Gasteiger partial charge in [0.15, 0.2) is 0 Å². The number of pyridine rings is 1. The van der Waals surface area contributed by atoms with Gasteiger partial charge in [-0.1, -0.05) is 12.8 Å². The summed E-state index contributed by atoms with van der Waals surface area (Å²) in [6.07, 6.45) is 10.3. The van der Waals surface area contributed by atoms with Crippen LogP contribution in [0.4, 0.5) is 5.69 Å². The third kappa shape index (κ3) is 3.11. The highest BCUT2D eigenvalue weighted by Gasteiger charge is 2.38. The lowest BCUT2D eigenvalue weighted by molar-refractivity contribution is -0.119. The van der Waals surface area contributed by atoms with Crippen LogP contribution in [0.15, 0.2) is 24.5 Å². The topological polar surface area (TPSA) is 54.0 Å². The van der Waals surface area contributed by atoms with E-state index < -0.39 is 0 Å². The Morgan fingerprint density at radius 3 is 3.10 bits per heavy atom. The van der Waals surface area contributed by atoms with Crippen LogP contribution in [0.2, 0.25) is 0 Å². The zero-order valence-corrected chi connectivity index (χ0v) is 11.8. The second-order valence-corrected chi connectivity index (χ2v) is 6.09. The van der Waals surface area contributed by atoms with E-state index in [9.17, 15) is 4.79 Å². The Kier molecular flexibility index (Phi) is 4.19. The first-order chi connectivity index (χ1) is 9.83. The molecule has 0 spiro atoms. The number of fused-ring (bicyclic) bond motifs is 1. The summed E-state index contributed by atoms with van der Waals surface area (Å²) in [4.78, 5) is 15.9. The van der Waals surface area contributed by atoms with Gasteiger partial charge in [0.25, 0.3) is 0 Å². The Morgan fingerprint density at radius 1 is 1.30 bits per heavy atom. The average Bonchev–Trinajstić information content (AvgIpc) is 3.07. The van der Waals surface area contributed by atoms with Crippen molar-refractivity contribution in [1.82, 2.24) is 10.3 Å². The summed E-state index contributed by atoms with van der Waals surface area (Å²) in [5.74, 6) is 2.62. The second-order valence-electron chi connectivity index (χ2n) is 6.09. The van der Waals surface area contributed by atoms with Crippen molar-refractivity contribution < 1.29 is 4.79 Å². The normalized spacial score (nSPS) is 28.1. The first-order valence-corrected chi connectivity index (χ1v) is 7.73. The Hall–Kier alpha value is -1.58. The number of aromatic nitrogens is 1. The number of carbonyl (C=O) groups excluding carboxylic acids is 1. The van der Waals surface area contributed by atoms with Crippen LogP contribution < -0.4 is 10.6 Å². The van der Waals surface area contributed by atoms with Gasteiger partial charge >= 0.3 is 0 Å². The third-order valence-corrected chi connectivity index (χ3v) is 4.91. The summed E-state index contributed by atoms with van der Waals surface area (Å²) in [7, 11) is 0. The fraction of sp³-hybridized carbons (Fsp3) is 0.625. The molecule has 3 atom stereocenters. The predicted molar refractivity (Wildman–Crippen MR) is 79.3 cm³/mol. The van der Waals surface area contributed by atoms with Gasteiger partial charge in [-0.05, 0) is 49.1 Å². The molecule has 108 valence electrons. The van der Waals surface area contributed by atoms with E-state index >= 15 is 0 Å². The van der Waals surface area contributed by atoms with Gasteiger partial charge in [-0.2, -0.15) is 0 Å². The molecule has 3 rings (SSSR count). The van der Waals surface area contributed by atoms with Crippen molar-refractivity contribution in [1.29, 1.82) is 0 Å². The highest BCUT2D eigenvalue weighted by atomic mass is 16.1. The van der Waals surface area contributed by atoms with Crippen LogP contribution in [0.25, 0.3) is 0 Å². The van der Waals surface area contributed by atoms with Gasteiger partial charge in [-0.15, -0.1) is 0 Å². The number of nitrogens with zero attached hydrogens (tertiary/aromatic N) is 1. The van der Waals surface area contributed by atoms with Crippen LogP contribution >= 0.6 is 0 Å². The van der Waals surface area contributed by atoms with Crippen molar-refractivity contribution in [2.45, 2.75) is 32.1 Å². The van der Waals surface area contributed by atoms with Crippen LogP contribution in [0.3, 0.4) is 0 Å². The first kappa shape index (κ1) is 13.4. The maximum absolute atomic E-state index is 11.9. The second kappa shape index (κ2) is 6.25. The zero-order valence-electron chi connectivity index (χ0n) is 11.8. The third-order valence-electron chi connectivity index (χ3n) is 4.91. The van der Waals surface area contributed by atoms with Crippen molar-refractivity contribution in [2.75, 3.05) is 18.4 Å². The minimum absolute atomic E-state index is 0.0790. The first-order valence-electron chi connectivity index (χ1n) is 7.73. The lowest BCUT2D eigenvalue weighted by Gasteiger charge is -2.19. The molecule has 4 nitrogen and oxygen atoms in total. The molecule has 2 aliphatic rings. The molecule has 2 aliphatic carbocycles. The van der Waals surface area contributed by atoms with Crippen molar-refractivity contribution >= 4 is 11.6 Å². The van der Waals surface area contributed by atoms with Gasteiger partial charge in [-0.3, -0.25) is 9.78 Å². The molecule has 0 unspecified atom stereocenters. The van der Waals surface area contributed by atoms with Gasteiger partial charge in [0.1, 0.15) is 0 Å². The fourth-order valence-electron chi connectivity index (χ4n) is 3.90. The predicted octanol–water partition coefficient (Wildman–Crippen LogP) is 2.44. The standard InChI is InChI=1S/C16H23N3O/c20-16(11-18-14-4-2-8-17-10-14)19-9-13-7-6-12-3-1-5-15(12)13/h2,4,8,10,12-13,15,18H,1,3,5-7,9,11H2,(H,19,20)/t12-,13+,15-/m0/s1. The van der Waals surface area contributed by atoms with Crippen LogP contribution in [-0.2, 0) is 4.79 Å². The van der Waals surface area contributed by atoms with Crippen molar-refractivity contribution in [3.63, 3.8) is 0 Å². The van der Waals surface area contributed by atoms with E-state index in [1.54, 1.807) is 12.4 Å². The lowest BCUT2D eigenvalue weighted by atomic mass is 9.92. The molecule has 0 bridgehead atoms. The van der Waals surface area contributed by atoms with Crippen LogP contribution in [0.1, 0.15) is 32.1 Å². The van der Waals surface area contributed by atoms with Gasteiger partial charge in [0.05, 0.1) is 12.2 Å². The molecule has 2 N–H and O–H groups in total. The molecule has 1 aromatic rings. The van der Waals surface area contributed by atoms with E-state index in [1.807, 2.05) is 12.1 Å². The van der Waals surface area contributed by atoms with Gasteiger partial charge in [0, 0.05) is 18.9 Å². The highest BCUT2D eigenvalue weighted by molar-refractivity contribution is 5.80. The molecular formula is C16H23N3O. The zero-order chi connectivity index (χ0) is 13.8. The van der Waals surface area contributed by atoms with Gasteiger partial charge < -0.3 is 10.6 Å². The molecule has 0 aliphatic heterocycles. The maximum Gasteiger partial charge on any atom is 0.239 e. The smallest absolute Gasteiger partial charge is 0.239 e. The Morgan fingerprint density at radius 2 is 2.25 bits per heavy atom. The number of anilines is 1. The Bertz CT molecular complexity index is 448. The quantitative estimate of drug-likeness (QED) is 0.866. The number of hydrogen-bond donors (Lipinski definition) is 2. The molecule has 20 heavy (non-hydrogen) atoms. The molecule has 1 amide bonds. The molecule has 2 fully saturated rings. The summed E-state index contributed by atoms with van der Waals surface area (Å²) >= 11 is 0. The summed E-state index contributed by atoms with van der Waals surface area (Å²) < 4.78 is 0. The minimum atomic E-state index is 0.0790. The van der Waals surface area contributed by atoms with Crippen LogP contribution in [-0.4, -0.2) is 24.0 Å². The number of hydrogen-bond acceptors (Lipinski definition) is 3. The molecular weight excluding hydrogens is 250 g/mol. The van der Waals surface area contributed by atoms with E-state index in [1.165, 1.54) is 32.1 Å². The molecule has 4 heteroatoms. The average molecular weight is 273 g/mol. The minimum Gasteiger partial charge on any atom is -0.375 e. The Labute approximate surface area is 120 Å². The van der Waals surface area contributed by atoms with Crippen molar-refractivity contribution in [3.05, 3.63) is 24.5 Å². The SMILES string of the molecule is O=C(CNc1cccnc1)NC[C@H]1CC[C@@H]2CCC[C@@H]21. The Balaban J connectivity index is 1.39. The molecule has 2 saturated carbocycles.